The van der Waals surface area contributed by atoms with Crippen molar-refractivity contribution in [2.24, 2.45) is 4.99 Å². The first-order valence-electron chi connectivity index (χ1n) is 12.8. The zero-order valence-corrected chi connectivity index (χ0v) is 20.9. The fourth-order valence-corrected chi connectivity index (χ4v) is 10.0. The molecule has 174 valence electrons. The second kappa shape index (κ2) is 9.41. The van der Waals surface area contributed by atoms with Crippen LogP contribution < -0.4 is 10.1 Å². The minimum atomic E-state index is -2.15. The Morgan fingerprint density at radius 2 is 1.85 bits per heavy atom. The maximum atomic E-state index is 11.3. The highest BCUT2D eigenvalue weighted by atomic mass is 28.3. The van der Waals surface area contributed by atoms with Gasteiger partial charge in [-0.1, -0.05) is 6.55 Å². The smallest absolute Gasteiger partial charge is 0.303 e. The van der Waals surface area contributed by atoms with Crippen molar-refractivity contribution >= 4 is 42.0 Å². The fraction of sp³-hybridized carbons (Fsp3) is 0.519. The molecule has 33 heavy (non-hydrogen) atoms. The molecule has 5 nitrogen and oxygen atoms in total. The van der Waals surface area contributed by atoms with Crippen molar-refractivity contribution in [3.05, 3.63) is 41.6 Å². The van der Waals surface area contributed by atoms with Crippen molar-refractivity contribution in [1.82, 2.24) is 0 Å². The molecule has 0 saturated carbocycles. The number of hydrogen-bond donors (Lipinski definition) is 1. The first kappa shape index (κ1) is 22.3. The summed E-state index contributed by atoms with van der Waals surface area (Å²) in [5.41, 5.74) is 4.82. The van der Waals surface area contributed by atoms with Crippen LogP contribution in [0, 0.1) is 0 Å². The second-order valence-electron chi connectivity index (χ2n) is 10.2. The Balaban J connectivity index is 1.57. The van der Waals surface area contributed by atoms with Gasteiger partial charge in [-0.3, -0.25) is 4.79 Å². The summed E-state index contributed by atoms with van der Waals surface area (Å²) >= 11 is 0. The van der Waals surface area contributed by atoms with Gasteiger partial charge < -0.3 is 10.0 Å². The molecule has 0 aromatic heterocycles. The molecule has 4 aliphatic rings. The summed E-state index contributed by atoms with van der Waals surface area (Å²) in [4.78, 5) is 19.0. The molecule has 0 spiro atoms. The summed E-state index contributed by atoms with van der Waals surface area (Å²) in [6, 6.07) is 7.81. The lowest BCUT2D eigenvalue weighted by atomic mass is 10.1. The maximum Gasteiger partial charge on any atom is 0.303 e. The van der Waals surface area contributed by atoms with Gasteiger partial charge in [-0.25, -0.2) is 9.57 Å². The SMILES string of the molecule is C[Si]1(CCCC(=O)O)C2=CC(=[N+]3CCCCC3)C=CC2=Nc2ccc(N3CCCCC3)cc21. The van der Waals surface area contributed by atoms with E-state index in [2.05, 4.69) is 52.4 Å². The molecular weight excluding hydrogens is 426 g/mol. The van der Waals surface area contributed by atoms with Gasteiger partial charge in [0.1, 0.15) is 21.2 Å². The van der Waals surface area contributed by atoms with Gasteiger partial charge in [0.15, 0.2) is 5.71 Å². The average Bonchev–Trinajstić information content (AvgIpc) is 2.85. The first-order chi connectivity index (χ1) is 16.0. The summed E-state index contributed by atoms with van der Waals surface area (Å²) in [7, 11) is -2.15. The molecular formula is C27H36N3O2Si+. The Morgan fingerprint density at radius 1 is 1.09 bits per heavy atom. The van der Waals surface area contributed by atoms with E-state index in [0.717, 1.165) is 50.0 Å². The number of aliphatic imine (C=N–C) groups is 1. The quantitative estimate of drug-likeness (QED) is 0.396. The first-order valence-corrected chi connectivity index (χ1v) is 15.5. The van der Waals surface area contributed by atoms with Gasteiger partial charge in [-0.15, -0.1) is 0 Å². The highest BCUT2D eigenvalue weighted by Crippen LogP contribution is 2.36. The standard InChI is InChI=1S/C27H35N3O2Si/c1-33(18-8-9-27(31)32)25-19-21(29-14-4-2-5-15-29)10-12-23(25)28-24-13-11-22(20-26(24)33)30-16-6-3-7-17-30/h10-13,19-20H,2-9,14-18H2,1H3/p+1. The van der Waals surface area contributed by atoms with Crippen LogP contribution in [0.2, 0.25) is 12.6 Å². The van der Waals surface area contributed by atoms with Gasteiger partial charge in [0.25, 0.3) is 0 Å². The molecule has 1 N–H and O–H groups in total. The largest absolute Gasteiger partial charge is 0.481 e. The van der Waals surface area contributed by atoms with Crippen LogP contribution in [0.4, 0.5) is 11.4 Å². The number of fused-ring (bicyclic) bond motifs is 2. The Kier molecular flexibility index (Phi) is 6.37. The number of anilines is 1. The third kappa shape index (κ3) is 4.50. The van der Waals surface area contributed by atoms with Crippen molar-refractivity contribution in [2.75, 3.05) is 31.1 Å². The van der Waals surface area contributed by atoms with Gasteiger partial charge in [0, 0.05) is 50.2 Å². The molecule has 3 aliphatic heterocycles. The van der Waals surface area contributed by atoms with Crippen molar-refractivity contribution in [2.45, 2.75) is 64.0 Å². The van der Waals surface area contributed by atoms with Crippen LogP contribution in [0.1, 0.15) is 51.4 Å². The van der Waals surface area contributed by atoms with E-state index in [1.54, 1.807) is 0 Å². The molecule has 5 rings (SSSR count). The summed E-state index contributed by atoms with van der Waals surface area (Å²) in [5, 5.41) is 12.1. The third-order valence-electron chi connectivity index (χ3n) is 7.90. The summed E-state index contributed by atoms with van der Waals surface area (Å²) in [6.07, 6.45) is 15.5. The van der Waals surface area contributed by atoms with Crippen LogP contribution in [0.3, 0.4) is 0 Å². The molecule has 0 bridgehead atoms. The van der Waals surface area contributed by atoms with Crippen LogP contribution in [-0.2, 0) is 4.79 Å². The highest BCUT2D eigenvalue weighted by Gasteiger charge is 2.42. The number of allylic oxidation sites excluding steroid dienone is 4. The number of carbonyl (C=O) groups is 1. The molecule has 0 radical (unpaired) electrons. The van der Waals surface area contributed by atoms with Gasteiger partial charge in [0.05, 0.1) is 11.4 Å². The molecule has 2 saturated heterocycles. The minimum absolute atomic E-state index is 0.238. The highest BCUT2D eigenvalue weighted by molar-refractivity contribution is 7.02. The topological polar surface area (TPSA) is 55.9 Å². The maximum absolute atomic E-state index is 11.3. The third-order valence-corrected chi connectivity index (χ3v) is 12.4. The molecule has 1 unspecified atom stereocenters. The Bertz CT molecular complexity index is 1060. The normalized spacial score (nSPS) is 24.7. The fourth-order valence-electron chi connectivity index (χ4n) is 5.96. The minimum Gasteiger partial charge on any atom is -0.481 e. The molecule has 1 aromatic rings. The van der Waals surface area contributed by atoms with E-state index in [1.165, 1.54) is 60.3 Å². The predicted molar refractivity (Wildman–Crippen MR) is 139 cm³/mol. The predicted octanol–water partition coefficient (Wildman–Crippen LogP) is 4.59. The van der Waals surface area contributed by atoms with Crippen molar-refractivity contribution < 1.29 is 14.5 Å². The molecule has 0 amide bonds. The Hall–Kier alpha value is -2.47. The zero-order chi connectivity index (χ0) is 22.8. The number of carboxylic acids is 1. The summed E-state index contributed by atoms with van der Waals surface area (Å²) in [5.74, 6) is -0.697. The zero-order valence-electron chi connectivity index (χ0n) is 19.9. The van der Waals surface area contributed by atoms with E-state index in [4.69, 9.17) is 4.99 Å². The van der Waals surface area contributed by atoms with Crippen LogP contribution in [-0.4, -0.2) is 61.3 Å². The lowest BCUT2D eigenvalue weighted by Gasteiger charge is -2.38. The van der Waals surface area contributed by atoms with Crippen LogP contribution in [0.25, 0.3) is 0 Å². The van der Waals surface area contributed by atoms with E-state index >= 15 is 0 Å². The molecule has 1 atom stereocenters. The summed E-state index contributed by atoms with van der Waals surface area (Å²) < 4.78 is 2.52. The van der Waals surface area contributed by atoms with Crippen LogP contribution in [0.15, 0.2) is 46.6 Å². The van der Waals surface area contributed by atoms with Gasteiger partial charge >= 0.3 is 5.97 Å². The lowest BCUT2D eigenvalue weighted by molar-refractivity contribution is -0.535. The number of piperidine rings is 2. The monoisotopic (exact) mass is 462 g/mol. The van der Waals surface area contributed by atoms with E-state index < -0.39 is 14.0 Å². The Labute approximate surface area is 198 Å². The Morgan fingerprint density at radius 3 is 2.61 bits per heavy atom. The number of aliphatic carboxylic acids is 1. The van der Waals surface area contributed by atoms with E-state index in [0.29, 0.717) is 0 Å². The van der Waals surface area contributed by atoms with Crippen LogP contribution in [0.5, 0.6) is 0 Å². The van der Waals surface area contributed by atoms with Gasteiger partial charge in [-0.2, -0.15) is 0 Å². The molecule has 1 aromatic carbocycles. The van der Waals surface area contributed by atoms with Crippen molar-refractivity contribution in [3.8, 4) is 0 Å². The molecule has 1 aliphatic carbocycles. The number of rotatable bonds is 5. The van der Waals surface area contributed by atoms with Gasteiger partial charge in [0.2, 0.25) is 0 Å². The average molecular weight is 463 g/mol. The summed E-state index contributed by atoms with van der Waals surface area (Å²) in [6.45, 7) is 6.96. The number of benzene rings is 1. The second-order valence-corrected chi connectivity index (χ2v) is 14.4. The van der Waals surface area contributed by atoms with E-state index in [-0.39, 0.29) is 6.42 Å². The van der Waals surface area contributed by atoms with Crippen molar-refractivity contribution in [3.63, 3.8) is 0 Å². The molecule has 3 heterocycles. The van der Waals surface area contributed by atoms with Crippen LogP contribution >= 0.6 is 0 Å². The molecule has 2 fully saturated rings. The van der Waals surface area contributed by atoms with E-state index in [9.17, 15) is 9.90 Å². The lowest BCUT2D eigenvalue weighted by Crippen LogP contribution is -2.52. The number of carboxylic acid groups (broad SMARTS) is 1. The number of nitrogens with zero attached hydrogens (tertiary/aromatic N) is 3. The molecule has 6 heteroatoms. The van der Waals surface area contributed by atoms with Crippen molar-refractivity contribution in [1.29, 1.82) is 0 Å². The van der Waals surface area contributed by atoms with E-state index in [1.807, 2.05) is 0 Å². The van der Waals surface area contributed by atoms with Gasteiger partial charge in [-0.05, 0) is 72.8 Å². The number of hydrogen-bond acceptors (Lipinski definition) is 3.